The van der Waals surface area contributed by atoms with Gasteiger partial charge in [0.15, 0.2) is 5.96 Å². The van der Waals surface area contributed by atoms with Crippen molar-refractivity contribution in [2.75, 3.05) is 26.2 Å². The van der Waals surface area contributed by atoms with E-state index in [0.717, 1.165) is 38.1 Å². The minimum Gasteiger partial charge on any atom is -0.356 e. The zero-order chi connectivity index (χ0) is 12.1. The number of rotatable bonds is 3. The topological polar surface area (TPSA) is 39.7 Å². The first kappa shape index (κ1) is 12.7. The van der Waals surface area contributed by atoms with Crippen LogP contribution in [0.25, 0.3) is 0 Å². The van der Waals surface area contributed by atoms with E-state index in [1.54, 1.807) is 0 Å². The molecule has 2 unspecified atom stereocenters. The third-order valence-corrected chi connectivity index (χ3v) is 3.88. The summed E-state index contributed by atoms with van der Waals surface area (Å²) in [5, 5.41) is 6.75. The molecule has 98 valence electrons. The summed E-state index contributed by atoms with van der Waals surface area (Å²) in [7, 11) is 0. The zero-order valence-corrected chi connectivity index (χ0v) is 11.2. The van der Waals surface area contributed by atoms with Gasteiger partial charge in [-0.1, -0.05) is 6.42 Å². The van der Waals surface area contributed by atoms with Gasteiger partial charge in [0.2, 0.25) is 0 Å². The van der Waals surface area contributed by atoms with E-state index in [2.05, 4.69) is 34.4 Å². The average Bonchev–Trinajstić information content (AvgIpc) is 2.38. The Morgan fingerprint density at radius 3 is 3.06 bits per heavy atom. The highest BCUT2D eigenvalue weighted by Gasteiger charge is 2.23. The number of nitrogens with one attached hydrogen (secondary N) is 2. The summed E-state index contributed by atoms with van der Waals surface area (Å²) in [6, 6.07) is 1.33. The maximum atomic E-state index is 4.44. The van der Waals surface area contributed by atoms with Gasteiger partial charge in [0.25, 0.3) is 0 Å². The predicted molar refractivity (Wildman–Crippen MR) is 72.4 cm³/mol. The number of hydrogen-bond donors (Lipinski definition) is 2. The van der Waals surface area contributed by atoms with Gasteiger partial charge in [0.1, 0.15) is 0 Å². The number of likely N-dealkylation sites (tertiary alicyclic amines) is 1. The van der Waals surface area contributed by atoms with Crippen molar-refractivity contribution in [2.24, 2.45) is 4.99 Å². The van der Waals surface area contributed by atoms with Crippen LogP contribution in [-0.2, 0) is 0 Å². The number of piperidine rings is 1. The van der Waals surface area contributed by atoms with Crippen molar-refractivity contribution in [3.63, 3.8) is 0 Å². The molecule has 2 atom stereocenters. The number of hydrogen-bond acceptors (Lipinski definition) is 4. The molecule has 2 rings (SSSR count). The van der Waals surface area contributed by atoms with E-state index in [0.29, 0.717) is 6.04 Å². The number of guanidine groups is 1. The lowest BCUT2D eigenvalue weighted by molar-refractivity contribution is 0.115. The molecule has 0 spiro atoms. The Balaban J connectivity index is 1.75. The highest BCUT2D eigenvalue weighted by atomic mass is 15.2. The molecule has 0 saturated carbocycles. The SMILES string of the molecule is CC1CCCCN1C(C)CNC1=NCCCN1. The van der Waals surface area contributed by atoms with Gasteiger partial charge in [-0.15, -0.1) is 0 Å². The second kappa shape index (κ2) is 6.24. The molecule has 0 aliphatic carbocycles. The lowest BCUT2D eigenvalue weighted by Gasteiger charge is -2.38. The van der Waals surface area contributed by atoms with Crippen LogP contribution in [0.5, 0.6) is 0 Å². The second-order valence-electron chi connectivity index (χ2n) is 5.32. The van der Waals surface area contributed by atoms with E-state index in [1.807, 2.05) is 0 Å². The standard InChI is InChI=1S/C13H26N4/c1-11-6-3-4-9-17(11)12(2)10-16-13-14-7-5-8-15-13/h11-12H,3-10H2,1-2H3,(H2,14,15,16). The van der Waals surface area contributed by atoms with E-state index < -0.39 is 0 Å². The van der Waals surface area contributed by atoms with Crippen LogP contribution in [0.4, 0.5) is 0 Å². The normalized spacial score (nSPS) is 28.1. The van der Waals surface area contributed by atoms with Crippen molar-refractivity contribution in [3.8, 4) is 0 Å². The molecule has 1 saturated heterocycles. The van der Waals surface area contributed by atoms with Gasteiger partial charge < -0.3 is 10.6 Å². The minimum absolute atomic E-state index is 0.594. The third-order valence-electron chi connectivity index (χ3n) is 3.88. The Bertz CT molecular complexity index is 264. The minimum atomic E-state index is 0.594. The Morgan fingerprint density at radius 2 is 2.35 bits per heavy atom. The van der Waals surface area contributed by atoms with Crippen LogP contribution in [0.15, 0.2) is 4.99 Å². The molecule has 2 aliphatic rings. The Labute approximate surface area is 105 Å². The summed E-state index contributed by atoms with van der Waals surface area (Å²) in [5.74, 6) is 0.993. The van der Waals surface area contributed by atoms with Crippen LogP contribution in [0.1, 0.15) is 39.5 Å². The lowest BCUT2D eigenvalue weighted by Crippen LogP contribution is -2.50. The molecule has 2 heterocycles. The van der Waals surface area contributed by atoms with E-state index in [-0.39, 0.29) is 0 Å². The fourth-order valence-corrected chi connectivity index (χ4v) is 2.79. The number of nitrogens with zero attached hydrogens (tertiary/aromatic N) is 2. The van der Waals surface area contributed by atoms with Crippen LogP contribution < -0.4 is 10.6 Å². The summed E-state index contributed by atoms with van der Waals surface area (Å²) in [6.07, 6.45) is 5.26. The summed E-state index contributed by atoms with van der Waals surface area (Å²) >= 11 is 0. The van der Waals surface area contributed by atoms with Crippen molar-refractivity contribution in [1.82, 2.24) is 15.5 Å². The quantitative estimate of drug-likeness (QED) is 0.776. The van der Waals surface area contributed by atoms with Gasteiger partial charge in [-0.3, -0.25) is 9.89 Å². The molecule has 0 aromatic rings. The first-order valence-corrected chi connectivity index (χ1v) is 7.05. The van der Waals surface area contributed by atoms with Crippen LogP contribution in [0.3, 0.4) is 0 Å². The molecule has 2 N–H and O–H groups in total. The summed E-state index contributed by atoms with van der Waals surface area (Å²) in [4.78, 5) is 7.07. The van der Waals surface area contributed by atoms with Crippen molar-refractivity contribution in [2.45, 2.75) is 51.6 Å². The van der Waals surface area contributed by atoms with E-state index in [1.165, 1.54) is 25.8 Å². The van der Waals surface area contributed by atoms with Gasteiger partial charge in [-0.2, -0.15) is 0 Å². The van der Waals surface area contributed by atoms with Crippen LogP contribution >= 0.6 is 0 Å². The fourth-order valence-electron chi connectivity index (χ4n) is 2.79. The molecular weight excluding hydrogens is 212 g/mol. The van der Waals surface area contributed by atoms with Gasteiger partial charge in [0.05, 0.1) is 0 Å². The van der Waals surface area contributed by atoms with Crippen LogP contribution in [0.2, 0.25) is 0 Å². The molecule has 4 nitrogen and oxygen atoms in total. The Morgan fingerprint density at radius 1 is 1.47 bits per heavy atom. The summed E-state index contributed by atoms with van der Waals surface area (Å²) < 4.78 is 0. The highest BCUT2D eigenvalue weighted by molar-refractivity contribution is 5.80. The summed E-state index contributed by atoms with van der Waals surface area (Å²) in [5.41, 5.74) is 0. The molecule has 4 heteroatoms. The maximum absolute atomic E-state index is 4.44. The van der Waals surface area contributed by atoms with Crippen LogP contribution in [-0.4, -0.2) is 49.1 Å². The highest BCUT2D eigenvalue weighted by Crippen LogP contribution is 2.18. The third kappa shape index (κ3) is 3.60. The maximum Gasteiger partial charge on any atom is 0.191 e. The molecule has 17 heavy (non-hydrogen) atoms. The monoisotopic (exact) mass is 238 g/mol. The molecule has 0 amide bonds. The van der Waals surface area contributed by atoms with E-state index in [9.17, 15) is 0 Å². The van der Waals surface area contributed by atoms with Crippen molar-refractivity contribution < 1.29 is 0 Å². The zero-order valence-electron chi connectivity index (χ0n) is 11.2. The molecule has 0 radical (unpaired) electrons. The van der Waals surface area contributed by atoms with E-state index >= 15 is 0 Å². The van der Waals surface area contributed by atoms with Crippen molar-refractivity contribution in [1.29, 1.82) is 0 Å². The summed E-state index contributed by atoms with van der Waals surface area (Å²) in [6.45, 7) is 8.94. The largest absolute Gasteiger partial charge is 0.356 e. The van der Waals surface area contributed by atoms with Crippen molar-refractivity contribution in [3.05, 3.63) is 0 Å². The fraction of sp³-hybridized carbons (Fsp3) is 0.923. The molecule has 0 aromatic heterocycles. The van der Waals surface area contributed by atoms with Gasteiger partial charge in [-0.25, -0.2) is 0 Å². The first-order chi connectivity index (χ1) is 8.27. The molecular formula is C13H26N4. The average molecular weight is 238 g/mol. The second-order valence-corrected chi connectivity index (χ2v) is 5.32. The van der Waals surface area contributed by atoms with Crippen molar-refractivity contribution >= 4 is 5.96 Å². The predicted octanol–water partition coefficient (Wildman–Crippen LogP) is 1.19. The lowest BCUT2D eigenvalue weighted by atomic mass is 10.0. The molecule has 2 aliphatic heterocycles. The smallest absolute Gasteiger partial charge is 0.191 e. The Kier molecular flexibility index (Phi) is 4.66. The molecule has 0 bridgehead atoms. The van der Waals surface area contributed by atoms with Gasteiger partial charge in [-0.05, 0) is 39.7 Å². The first-order valence-electron chi connectivity index (χ1n) is 7.05. The molecule has 1 fully saturated rings. The van der Waals surface area contributed by atoms with Crippen LogP contribution in [0, 0.1) is 0 Å². The van der Waals surface area contributed by atoms with E-state index in [4.69, 9.17) is 0 Å². The number of aliphatic imine (C=N–C) groups is 1. The van der Waals surface area contributed by atoms with Gasteiger partial charge in [0, 0.05) is 31.7 Å². The van der Waals surface area contributed by atoms with Gasteiger partial charge >= 0.3 is 0 Å². The Hall–Kier alpha value is -0.770. The molecule has 0 aromatic carbocycles.